The molecule has 0 aliphatic carbocycles. The molecule has 0 spiro atoms. The van der Waals surface area contributed by atoms with Crippen molar-refractivity contribution in [3.05, 3.63) is 29.8 Å². The summed E-state index contributed by atoms with van der Waals surface area (Å²) in [5.41, 5.74) is 0.963. The van der Waals surface area contributed by atoms with Gasteiger partial charge in [-0.05, 0) is 19.1 Å². The number of hydrogen-bond acceptors (Lipinski definition) is 5. The van der Waals surface area contributed by atoms with Crippen molar-refractivity contribution in [2.75, 3.05) is 11.5 Å². The van der Waals surface area contributed by atoms with Crippen molar-refractivity contribution in [3.63, 3.8) is 0 Å². The van der Waals surface area contributed by atoms with Gasteiger partial charge in [0, 0.05) is 12.1 Å². The third kappa shape index (κ3) is 3.64. The Kier molecular flexibility index (Phi) is 4.46. The number of benzene rings is 1. The van der Waals surface area contributed by atoms with Gasteiger partial charge in [0.15, 0.2) is 19.7 Å². The number of sulfone groups is 2. The fourth-order valence-electron chi connectivity index (χ4n) is 2.61. The highest BCUT2D eigenvalue weighted by Gasteiger charge is 2.45. The molecule has 2 atom stereocenters. The van der Waals surface area contributed by atoms with Gasteiger partial charge in [0.2, 0.25) is 0 Å². The highest BCUT2D eigenvalue weighted by molar-refractivity contribution is 7.96. The minimum absolute atomic E-state index is 0.0269. The highest BCUT2D eigenvalue weighted by Crippen LogP contribution is 2.26. The lowest BCUT2D eigenvalue weighted by Gasteiger charge is -2.22. The highest BCUT2D eigenvalue weighted by atomic mass is 32.2. The first-order valence-corrected chi connectivity index (χ1v) is 10.3. The number of nitrogens with one attached hydrogen (secondary N) is 1. The Bertz CT molecular complexity index is 706. The molecule has 1 saturated heterocycles. The zero-order valence-electron chi connectivity index (χ0n) is 12.4. The molecule has 0 radical (unpaired) electrons. The monoisotopic (exact) mass is 331 g/mol. The largest absolute Gasteiger partial charge is 0.309 e. The SMILES string of the molecule is Cc1ccc(S(=O)(=O)[C@@H]2CS(=O)(=O)C[C@H]2NC(C)C)cc1. The average molecular weight is 331 g/mol. The lowest BCUT2D eigenvalue weighted by molar-refractivity contribution is 0.484. The van der Waals surface area contributed by atoms with Crippen molar-refractivity contribution in [1.29, 1.82) is 0 Å². The quantitative estimate of drug-likeness (QED) is 0.888. The van der Waals surface area contributed by atoms with Gasteiger partial charge in [-0.25, -0.2) is 16.8 Å². The van der Waals surface area contributed by atoms with Crippen LogP contribution in [0.4, 0.5) is 0 Å². The van der Waals surface area contributed by atoms with Crippen molar-refractivity contribution < 1.29 is 16.8 Å². The van der Waals surface area contributed by atoms with Crippen LogP contribution in [0.25, 0.3) is 0 Å². The number of rotatable bonds is 4. The molecule has 1 heterocycles. The van der Waals surface area contributed by atoms with E-state index >= 15 is 0 Å². The van der Waals surface area contributed by atoms with Crippen LogP contribution in [0.5, 0.6) is 0 Å². The van der Waals surface area contributed by atoms with E-state index in [0.29, 0.717) is 0 Å². The first-order chi connectivity index (χ1) is 9.62. The molecule has 2 rings (SSSR count). The molecule has 1 aliphatic heterocycles. The fourth-order valence-corrected chi connectivity index (χ4v) is 7.28. The molecule has 0 unspecified atom stereocenters. The summed E-state index contributed by atoms with van der Waals surface area (Å²) < 4.78 is 49.2. The molecule has 1 aromatic carbocycles. The molecule has 1 aliphatic rings. The maximum atomic E-state index is 12.7. The molecule has 7 heteroatoms. The Morgan fingerprint density at radius 2 is 1.71 bits per heavy atom. The van der Waals surface area contributed by atoms with Crippen LogP contribution in [0.1, 0.15) is 19.4 Å². The smallest absolute Gasteiger partial charge is 0.183 e. The van der Waals surface area contributed by atoms with Crippen LogP contribution in [-0.2, 0) is 19.7 Å². The molecule has 0 amide bonds. The Hall–Kier alpha value is -0.920. The third-order valence-corrected chi connectivity index (χ3v) is 7.76. The van der Waals surface area contributed by atoms with E-state index < -0.39 is 31.0 Å². The van der Waals surface area contributed by atoms with Gasteiger partial charge in [-0.3, -0.25) is 0 Å². The van der Waals surface area contributed by atoms with E-state index in [1.807, 2.05) is 20.8 Å². The van der Waals surface area contributed by atoms with Gasteiger partial charge < -0.3 is 5.32 Å². The zero-order valence-corrected chi connectivity index (χ0v) is 14.0. The van der Waals surface area contributed by atoms with Crippen molar-refractivity contribution in [2.24, 2.45) is 0 Å². The molecule has 1 N–H and O–H groups in total. The van der Waals surface area contributed by atoms with E-state index in [9.17, 15) is 16.8 Å². The normalized spacial score (nSPS) is 25.3. The van der Waals surface area contributed by atoms with Gasteiger partial charge in [0.25, 0.3) is 0 Å². The van der Waals surface area contributed by atoms with Crippen molar-refractivity contribution in [1.82, 2.24) is 5.32 Å². The van der Waals surface area contributed by atoms with E-state index in [4.69, 9.17) is 0 Å². The maximum absolute atomic E-state index is 12.7. The summed E-state index contributed by atoms with van der Waals surface area (Å²) in [7, 11) is -6.99. The first-order valence-electron chi connectivity index (χ1n) is 6.89. The van der Waals surface area contributed by atoms with Gasteiger partial charge in [0.05, 0.1) is 21.7 Å². The second-order valence-corrected chi connectivity index (χ2v) is 10.2. The summed E-state index contributed by atoms with van der Waals surface area (Å²) in [5.74, 6) is -0.436. The Morgan fingerprint density at radius 3 is 2.24 bits per heavy atom. The predicted octanol–water partition coefficient (Wildman–Crippen LogP) is 0.932. The maximum Gasteiger partial charge on any atom is 0.183 e. The van der Waals surface area contributed by atoms with Crippen molar-refractivity contribution >= 4 is 19.7 Å². The molecule has 0 bridgehead atoms. The molecule has 21 heavy (non-hydrogen) atoms. The van der Waals surface area contributed by atoms with Crippen LogP contribution < -0.4 is 5.32 Å². The molecule has 118 valence electrons. The van der Waals surface area contributed by atoms with Gasteiger partial charge >= 0.3 is 0 Å². The molecule has 0 saturated carbocycles. The molecular formula is C14H21NO4S2. The Balaban J connectivity index is 2.39. The van der Waals surface area contributed by atoms with Crippen LogP contribution in [0.3, 0.4) is 0 Å². The molecule has 1 fully saturated rings. The predicted molar refractivity (Wildman–Crippen MR) is 82.9 cm³/mol. The van der Waals surface area contributed by atoms with Gasteiger partial charge in [-0.15, -0.1) is 0 Å². The Morgan fingerprint density at radius 1 is 1.14 bits per heavy atom. The Labute approximate surface area is 126 Å². The summed E-state index contributed by atoms with van der Waals surface area (Å²) in [4.78, 5) is 0.186. The third-order valence-electron chi connectivity index (χ3n) is 3.60. The van der Waals surface area contributed by atoms with E-state index in [-0.39, 0.29) is 22.4 Å². The van der Waals surface area contributed by atoms with E-state index in [1.54, 1.807) is 24.3 Å². The van der Waals surface area contributed by atoms with Gasteiger partial charge in [-0.2, -0.15) is 0 Å². The van der Waals surface area contributed by atoms with Crippen molar-refractivity contribution in [3.8, 4) is 0 Å². The van der Waals surface area contributed by atoms with Crippen LogP contribution in [0, 0.1) is 6.92 Å². The first kappa shape index (κ1) is 16.5. The summed E-state index contributed by atoms with van der Waals surface area (Å²) in [6, 6.07) is 6.01. The van der Waals surface area contributed by atoms with E-state index in [0.717, 1.165) is 5.56 Å². The molecule has 5 nitrogen and oxygen atoms in total. The van der Waals surface area contributed by atoms with Crippen LogP contribution in [0.2, 0.25) is 0 Å². The topological polar surface area (TPSA) is 80.3 Å². The van der Waals surface area contributed by atoms with Crippen LogP contribution >= 0.6 is 0 Å². The number of aryl methyl sites for hydroxylation is 1. The summed E-state index contributed by atoms with van der Waals surface area (Å²) >= 11 is 0. The minimum atomic E-state index is -3.66. The van der Waals surface area contributed by atoms with E-state index in [2.05, 4.69) is 5.32 Å². The summed E-state index contributed by atoms with van der Waals surface area (Å²) in [5, 5.41) is 2.15. The van der Waals surface area contributed by atoms with Crippen LogP contribution in [-0.4, -0.2) is 45.7 Å². The molecule has 0 aromatic heterocycles. The second kappa shape index (κ2) is 5.70. The number of hydrogen-bond donors (Lipinski definition) is 1. The lowest BCUT2D eigenvalue weighted by atomic mass is 10.2. The average Bonchev–Trinajstić information content (AvgIpc) is 2.64. The molecular weight excluding hydrogens is 310 g/mol. The van der Waals surface area contributed by atoms with Gasteiger partial charge in [-0.1, -0.05) is 31.5 Å². The second-order valence-electron chi connectivity index (χ2n) is 5.90. The van der Waals surface area contributed by atoms with Crippen molar-refractivity contribution in [2.45, 2.75) is 43.0 Å². The van der Waals surface area contributed by atoms with E-state index in [1.165, 1.54) is 0 Å². The van der Waals surface area contributed by atoms with Gasteiger partial charge in [0.1, 0.15) is 0 Å². The fraction of sp³-hybridized carbons (Fsp3) is 0.571. The summed E-state index contributed by atoms with van der Waals surface area (Å²) in [6.07, 6.45) is 0. The van der Waals surface area contributed by atoms with Crippen LogP contribution in [0.15, 0.2) is 29.2 Å². The standard InChI is InChI=1S/C14H21NO4S2/c1-10(2)15-13-8-20(16,17)9-14(13)21(18,19)12-6-4-11(3)5-7-12/h4-7,10,13-15H,8-9H2,1-3H3/t13-,14-/m1/s1. The molecule has 1 aromatic rings. The minimum Gasteiger partial charge on any atom is -0.309 e. The summed E-state index contributed by atoms with van der Waals surface area (Å²) in [6.45, 7) is 5.63. The lowest BCUT2D eigenvalue weighted by Crippen LogP contribution is -2.46. The zero-order chi connectivity index (χ0) is 15.8.